The van der Waals surface area contributed by atoms with E-state index in [0.717, 1.165) is 22.6 Å². The Hall–Kier alpha value is -2.49. The highest BCUT2D eigenvalue weighted by atomic mass is 35.5. The zero-order valence-corrected chi connectivity index (χ0v) is 16.6. The number of benzene rings is 3. The van der Waals surface area contributed by atoms with Crippen LogP contribution in [0.2, 0.25) is 0 Å². The number of nitrogens with two attached hydrogens (primary N) is 1. The van der Waals surface area contributed by atoms with Gasteiger partial charge in [0.05, 0.1) is 0 Å². The largest absolute Gasteiger partial charge is 0.488 e. The minimum atomic E-state index is 0. The third kappa shape index (κ3) is 5.75. The average molecular weight is 384 g/mol. The summed E-state index contributed by atoms with van der Waals surface area (Å²) in [6, 6.07) is 22.7. The molecule has 3 aromatic carbocycles. The van der Waals surface area contributed by atoms with Gasteiger partial charge in [-0.3, -0.25) is 0 Å². The number of ether oxygens (including phenoxy) is 2. The van der Waals surface area contributed by atoms with E-state index in [2.05, 4.69) is 38.1 Å². The van der Waals surface area contributed by atoms with E-state index in [1.807, 2.05) is 42.5 Å². The highest BCUT2D eigenvalue weighted by Gasteiger charge is 2.09. The van der Waals surface area contributed by atoms with Gasteiger partial charge in [-0.15, -0.1) is 12.4 Å². The molecule has 0 amide bonds. The van der Waals surface area contributed by atoms with Crippen molar-refractivity contribution in [3.05, 3.63) is 83.4 Å². The Morgan fingerprint density at radius 1 is 0.741 bits per heavy atom. The summed E-state index contributed by atoms with van der Waals surface area (Å²) in [7, 11) is 0. The molecule has 0 heterocycles. The first-order chi connectivity index (χ1) is 12.7. The Kier molecular flexibility index (Phi) is 7.71. The topological polar surface area (TPSA) is 44.5 Å². The lowest BCUT2D eigenvalue weighted by Gasteiger charge is -2.15. The Bertz CT molecular complexity index is 845. The summed E-state index contributed by atoms with van der Waals surface area (Å²) >= 11 is 0. The van der Waals surface area contributed by atoms with Crippen molar-refractivity contribution in [3.8, 4) is 22.6 Å². The fourth-order valence-electron chi connectivity index (χ4n) is 2.97. The maximum Gasteiger partial charge on any atom is 0.162 e. The second-order valence-electron chi connectivity index (χ2n) is 6.45. The van der Waals surface area contributed by atoms with E-state index in [1.165, 1.54) is 16.7 Å². The zero-order chi connectivity index (χ0) is 18.4. The van der Waals surface area contributed by atoms with Gasteiger partial charge in [-0.1, -0.05) is 65.7 Å². The van der Waals surface area contributed by atoms with Gasteiger partial charge in [0.1, 0.15) is 13.2 Å². The van der Waals surface area contributed by atoms with Gasteiger partial charge in [-0.05, 0) is 42.7 Å². The SMILES string of the molecule is Cc1cc(C)cc(-c2ccc(OCCN)c(OCc3ccccc3)c2)c1.Cl. The van der Waals surface area contributed by atoms with Gasteiger partial charge in [-0.25, -0.2) is 0 Å². The van der Waals surface area contributed by atoms with Crippen LogP contribution in [0.25, 0.3) is 11.1 Å². The van der Waals surface area contributed by atoms with Crippen LogP contribution in [0.3, 0.4) is 0 Å². The number of halogens is 1. The van der Waals surface area contributed by atoms with Crippen LogP contribution in [0, 0.1) is 13.8 Å². The Labute approximate surface area is 167 Å². The molecule has 0 unspecified atom stereocenters. The lowest BCUT2D eigenvalue weighted by Crippen LogP contribution is -2.11. The van der Waals surface area contributed by atoms with Gasteiger partial charge < -0.3 is 15.2 Å². The Morgan fingerprint density at radius 3 is 2.11 bits per heavy atom. The molecule has 0 spiro atoms. The molecule has 0 atom stereocenters. The van der Waals surface area contributed by atoms with Crippen LogP contribution in [-0.4, -0.2) is 13.2 Å². The first-order valence-corrected chi connectivity index (χ1v) is 8.88. The van der Waals surface area contributed by atoms with E-state index < -0.39 is 0 Å². The van der Waals surface area contributed by atoms with Gasteiger partial charge in [0.15, 0.2) is 11.5 Å². The maximum absolute atomic E-state index is 6.08. The van der Waals surface area contributed by atoms with Crippen molar-refractivity contribution in [2.24, 2.45) is 5.73 Å². The Morgan fingerprint density at radius 2 is 1.44 bits per heavy atom. The molecule has 27 heavy (non-hydrogen) atoms. The van der Waals surface area contributed by atoms with Gasteiger partial charge in [0.2, 0.25) is 0 Å². The molecule has 0 radical (unpaired) electrons. The summed E-state index contributed by atoms with van der Waals surface area (Å²) in [5.41, 5.74) is 11.5. The van der Waals surface area contributed by atoms with E-state index >= 15 is 0 Å². The van der Waals surface area contributed by atoms with Crippen LogP contribution in [-0.2, 0) is 6.61 Å². The summed E-state index contributed by atoms with van der Waals surface area (Å²) in [4.78, 5) is 0. The molecular formula is C23H26ClNO2. The van der Waals surface area contributed by atoms with Crippen molar-refractivity contribution in [3.63, 3.8) is 0 Å². The van der Waals surface area contributed by atoms with Crippen molar-refractivity contribution in [2.75, 3.05) is 13.2 Å². The molecule has 3 nitrogen and oxygen atoms in total. The average Bonchev–Trinajstić information content (AvgIpc) is 2.65. The smallest absolute Gasteiger partial charge is 0.162 e. The second-order valence-corrected chi connectivity index (χ2v) is 6.45. The monoisotopic (exact) mass is 383 g/mol. The van der Waals surface area contributed by atoms with E-state index in [0.29, 0.717) is 19.8 Å². The molecule has 0 saturated heterocycles. The predicted molar refractivity (Wildman–Crippen MR) is 114 cm³/mol. The summed E-state index contributed by atoms with van der Waals surface area (Å²) < 4.78 is 11.8. The normalized spacial score (nSPS) is 10.2. The highest BCUT2D eigenvalue weighted by Crippen LogP contribution is 2.34. The molecule has 142 valence electrons. The van der Waals surface area contributed by atoms with Gasteiger partial charge >= 0.3 is 0 Å². The number of hydrogen-bond acceptors (Lipinski definition) is 3. The molecular weight excluding hydrogens is 358 g/mol. The first-order valence-electron chi connectivity index (χ1n) is 8.88. The predicted octanol–water partition coefficient (Wildman–Crippen LogP) is 5.31. The van der Waals surface area contributed by atoms with E-state index in [-0.39, 0.29) is 12.4 Å². The van der Waals surface area contributed by atoms with Gasteiger partial charge in [0, 0.05) is 6.54 Å². The summed E-state index contributed by atoms with van der Waals surface area (Å²) in [6.45, 7) is 5.65. The Balaban J connectivity index is 0.00000261. The molecule has 0 aliphatic rings. The number of hydrogen-bond donors (Lipinski definition) is 1. The van der Waals surface area contributed by atoms with Crippen molar-refractivity contribution in [2.45, 2.75) is 20.5 Å². The number of aryl methyl sites for hydroxylation is 2. The van der Waals surface area contributed by atoms with Crippen LogP contribution in [0.5, 0.6) is 11.5 Å². The van der Waals surface area contributed by atoms with Crippen molar-refractivity contribution in [1.82, 2.24) is 0 Å². The molecule has 0 fully saturated rings. The summed E-state index contributed by atoms with van der Waals surface area (Å²) in [5.74, 6) is 1.46. The van der Waals surface area contributed by atoms with Crippen molar-refractivity contribution >= 4 is 12.4 Å². The van der Waals surface area contributed by atoms with Crippen LogP contribution in [0.4, 0.5) is 0 Å². The lowest BCUT2D eigenvalue weighted by atomic mass is 10.0. The zero-order valence-electron chi connectivity index (χ0n) is 15.8. The van der Waals surface area contributed by atoms with Crippen LogP contribution < -0.4 is 15.2 Å². The quantitative estimate of drug-likeness (QED) is 0.601. The molecule has 2 N–H and O–H groups in total. The van der Waals surface area contributed by atoms with Crippen LogP contribution in [0.1, 0.15) is 16.7 Å². The number of rotatable bonds is 7. The molecule has 0 aliphatic carbocycles. The molecule has 3 rings (SSSR count). The van der Waals surface area contributed by atoms with Crippen molar-refractivity contribution < 1.29 is 9.47 Å². The molecule has 0 saturated carbocycles. The summed E-state index contributed by atoms with van der Waals surface area (Å²) in [6.07, 6.45) is 0. The lowest BCUT2D eigenvalue weighted by molar-refractivity contribution is 0.266. The fraction of sp³-hybridized carbons (Fsp3) is 0.217. The fourth-order valence-corrected chi connectivity index (χ4v) is 2.97. The van der Waals surface area contributed by atoms with E-state index in [9.17, 15) is 0 Å². The minimum Gasteiger partial charge on any atom is -0.488 e. The first kappa shape index (κ1) is 20.8. The van der Waals surface area contributed by atoms with Gasteiger partial charge in [-0.2, -0.15) is 0 Å². The highest BCUT2D eigenvalue weighted by molar-refractivity contribution is 5.85. The van der Waals surface area contributed by atoms with E-state index in [4.69, 9.17) is 15.2 Å². The molecule has 0 bridgehead atoms. The standard InChI is InChI=1S/C23H25NO2.ClH/c1-17-12-18(2)14-21(13-17)20-8-9-22(25-11-10-24)23(15-20)26-16-19-6-4-3-5-7-19;/h3-9,12-15H,10-11,16,24H2,1-2H3;1H. The summed E-state index contributed by atoms with van der Waals surface area (Å²) in [5, 5.41) is 0. The van der Waals surface area contributed by atoms with Crippen molar-refractivity contribution in [1.29, 1.82) is 0 Å². The molecule has 3 aromatic rings. The van der Waals surface area contributed by atoms with Crippen LogP contribution >= 0.6 is 12.4 Å². The molecule has 0 aromatic heterocycles. The second kappa shape index (κ2) is 10.0. The maximum atomic E-state index is 6.08. The minimum absolute atomic E-state index is 0. The third-order valence-corrected chi connectivity index (χ3v) is 4.11. The molecule has 0 aliphatic heterocycles. The van der Waals surface area contributed by atoms with Gasteiger partial charge in [0.25, 0.3) is 0 Å². The van der Waals surface area contributed by atoms with E-state index in [1.54, 1.807) is 0 Å². The van der Waals surface area contributed by atoms with Crippen LogP contribution in [0.15, 0.2) is 66.7 Å². The third-order valence-electron chi connectivity index (χ3n) is 4.11. The molecule has 4 heteroatoms.